The average Bonchev–Trinajstić information content (AvgIpc) is 2.55. The Hall–Kier alpha value is -1.28. The third-order valence-electron chi connectivity index (χ3n) is 4.52. The maximum absolute atomic E-state index is 6.07. The zero-order valence-corrected chi connectivity index (χ0v) is 13.4. The monoisotopic (exact) mass is 302 g/mol. The molecular formula is C18H23ClN2. The summed E-state index contributed by atoms with van der Waals surface area (Å²) in [6, 6.07) is 9.18. The molecule has 0 saturated carbocycles. The van der Waals surface area contributed by atoms with Crippen molar-refractivity contribution in [3.63, 3.8) is 0 Å². The van der Waals surface area contributed by atoms with Crippen molar-refractivity contribution in [2.45, 2.75) is 50.9 Å². The van der Waals surface area contributed by atoms with Gasteiger partial charge in [0.1, 0.15) is 5.82 Å². The number of anilines is 1. The van der Waals surface area contributed by atoms with E-state index >= 15 is 0 Å². The molecule has 2 aromatic rings. The largest absolute Gasteiger partial charge is 0.353 e. The summed E-state index contributed by atoms with van der Waals surface area (Å²) in [6.45, 7) is 3.40. The van der Waals surface area contributed by atoms with Gasteiger partial charge in [-0.2, -0.15) is 0 Å². The first-order valence-electron chi connectivity index (χ1n) is 8.04. The van der Waals surface area contributed by atoms with Crippen molar-refractivity contribution in [3.05, 3.63) is 36.0 Å². The number of alkyl halides is 1. The molecule has 1 unspecified atom stereocenters. The van der Waals surface area contributed by atoms with Crippen molar-refractivity contribution < 1.29 is 0 Å². The molecule has 0 spiro atoms. The first-order valence-corrected chi connectivity index (χ1v) is 8.57. The molecule has 2 heterocycles. The van der Waals surface area contributed by atoms with Gasteiger partial charge in [-0.25, -0.2) is 4.98 Å². The number of nitrogens with zero attached hydrogens (tertiary/aromatic N) is 2. The number of rotatable bonds is 4. The van der Waals surface area contributed by atoms with Gasteiger partial charge in [0.25, 0.3) is 0 Å². The van der Waals surface area contributed by atoms with Crippen LogP contribution in [0.2, 0.25) is 0 Å². The van der Waals surface area contributed by atoms with Gasteiger partial charge in [0, 0.05) is 30.0 Å². The summed E-state index contributed by atoms with van der Waals surface area (Å²) in [5.41, 5.74) is 1.13. The smallest absolute Gasteiger partial charge is 0.136 e. The van der Waals surface area contributed by atoms with E-state index in [1.807, 2.05) is 6.20 Å². The minimum atomic E-state index is 0.520. The van der Waals surface area contributed by atoms with Crippen LogP contribution < -0.4 is 4.90 Å². The highest BCUT2D eigenvalue weighted by Gasteiger charge is 2.24. The first kappa shape index (κ1) is 14.6. The molecule has 21 heavy (non-hydrogen) atoms. The third-order valence-corrected chi connectivity index (χ3v) is 4.81. The molecule has 0 aliphatic carbocycles. The van der Waals surface area contributed by atoms with Crippen molar-refractivity contribution in [2.24, 2.45) is 0 Å². The quantitative estimate of drug-likeness (QED) is 0.728. The highest BCUT2D eigenvalue weighted by atomic mass is 35.5. The molecule has 0 N–H and O–H groups in total. The number of aromatic nitrogens is 1. The second-order valence-corrected chi connectivity index (χ2v) is 6.19. The van der Waals surface area contributed by atoms with E-state index in [1.54, 1.807) is 0 Å². The molecule has 0 amide bonds. The van der Waals surface area contributed by atoms with Crippen LogP contribution in [0.1, 0.15) is 44.6 Å². The Labute approximate surface area is 132 Å². The van der Waals surface area contributed by atoms with Crippen molar-refractivity contribution >= 4 is 28.2 Å². The maximum Gasteiger partial charge on any atom is 0.136 e. The van der Waals surface area contributed by atoms with Crippen molar-refractivity contribution in [3.8, 4) is 0 Å². The molecule has 0 radical (unpaired) electrons. The molecule has 112 valence electrons. The number of piperidine rings is 1. The van der Waals surface area contributed by atoms with Crippen LogP contribution in [-0.4, -0.2) is 17.6 Å². The van der Waals surface area contributed by atoms with E-state index in [0.29, 0.717) is 11.9 Å². The van der Waals surface area contributed by atoms with Crippen LogP contribution in [0, 0.1) is 0 Å². The Morgan fingerprint density at radius 2 is 2.05 bits per heavy atom. The predicted octanol–water partition coefficient (Wildman–Crippen LogP) is 5.13. The minimum Gasteiger partial charge on any atom is -0.353 e. The van der Waals surface area contributed by atoms with Crippen LogP contribution in [-0.2, 0) is 5.88 Å². The van der Waals surface area contributed by atoms with Gasteiger partial charge in [-0.1, -0.05) is 37.6 Å². The Kier molecular flexibility index (Phi) is 4.64. The topological polar surface area (TPSA) is 16.1 Å². The number of hydrogen-bond donors (Lipinski definition) is 0. The van der Waals surface area contributed by atoms with E-state index in [0.717, 1.165) is 17.9 Å². The number of hydrogen-bond acceptors (Lipinski definition) is 2. The van der Waals surface area contributed by atoms with E-state index in [4.69, 9.17) is 16.6 Å². The summed E-state index contributed by atoms with van der Waals surface area (Å²) < 4.78 is 0. The van der Waals surface area contributed by atoms with Crippen LogP contribution in [0.3, 0.4) is 0 Å². The van der Waals surface area contributed by atoms with Gasteiger partial charge in [0.05, 0.1) is 0 Å². The zero-order valence-electron chi connectivity index (χ0n) is 12.7. The first-order chi connectivity index (χ1) is 10.3. The van der Waals surface area contributed by atoms with Crippen LogP contribution in [0.4, 0.5) is 5.82 Å². The lowest BCUT2D eigenvalue weighted by Crippen LogP contribution is -2.40. The summed E-state index contributed by atoms with van der Waals surface area (Å²) in [6.07, 6.45) is 8.36. The van der Waals surface area contributed by atoms with Gasteiger partial charge < -0.3 is 4.90 Å². The molecule has 3 heteroatoms. The van der Waals surface area contributed by atoms with Gasteiger partial charge in [-0.15, -0.1) is 11.6 Å². The van der Waals surface area contributed by atoms with E-state index in [2.05, 4.69) is 36.1 Å². The summed E-state index contributed by atoms with van der Waals surface area (Å²) >= 11 is 6.07. The fraction of sp³-hybridized carbons (Fsp3) is 0.500. The summed E-state index contributed by atoms with van der Waals surface area (Å²) in [7, 11) is 0. The molecule has 3 rings (SSSR count). The van der Waals surface area contributed by atoms with Crippen LogP contribution in [0.25, 0.3) is 10.8 Å². The SMILES string of the molecule is CCCC1CCCCN1c1ncc(CCl)c2ccccc12. The number of benzene rings is 1. The second-order valence-electron chi connectivity index (χ2n) is 5.92. The molecule has 1 aliphatic rings. The van der Waals surface area contributed by atoms with Gasteiger partial charge >= 0.3 is 0 Å². The van der Waals surface area contributed by atoms with Gasteiger partial charge in [0.2, 0.25) is 0 Å². The molecule has 0 bridgehead atoms. The predicted molar refractivity (Wildman–Crippen MR) is 91.2 cm³/mol. The van der Waals surface area contributed by atoms with Crippen molar-refractivity contribution in [1.29, 1.82) is 0 Å². The standard InChI is InChI=1S/C18H23ClN2/c1-2-7-15-8-5-6-11-21(15)18-17-10-4-3-9-16(17)14(12-19)13-20-18/h3-4,9-10,13,15H,2,5-8,11-12H2,1H3. The van der Waals surface area contributed by atoms with E-state index in [1.165, 1.54) is 42.9 Å². The van der Waals surface area contributed by atoms with Crippen molar-refractivity contribution in [1.82, 2.24) is 4.98 Å². The Morgan fingerprint density at radius 1 is 1.24 bits per heavy atom. The highest BCUT2D eigenvalue weighted by molar-refractivity contribution is 6.18. The third kappa shape index (κ3) is 2.87. The molecule has 1 saturated heterocycles. The fourth-order valence-corrected chi connectivity index (χ4v) is 3.70. The van der Waals surface area contributed by atoms with Crippen LogP contribution in [0.15, 0.2) is 30.5 Å². The lowest BCUT2D eigenvalue weighted by Gasteiger charge is -2.37. The number of fused-ring (bicyclic) bond motifs is 1. The van der Waals surface area contributed by atoms with E-state index in [-0.39, 0.29) is 0 Å². The average molecular weight is 303 g/mol. The fourth-order valence-electron chi connectivity index (χ4n) is 3.48. The normalized spacial score (nSPS) is 19.1. The number of halogens is 1. The molecule has 1 atom stereocenters. The lowest BCUT2D eigenvalue weighted by atomic mass is 9.97. The summed E-state index contributed by atoms with van der Waals surface area (Å²) in [5, 5.41) is 2.50. The second kappa shape index (κ2) is 6.65. The van der Waals surface area contributed by atoms with Gasteiger partial charge in [-0.05, 0) is 36.6 Å². The lowest BCUT2D eigenvalue weighted by molar-refractivity contribution is 0.433. The summed E-state index contributed by atoms with van der Waals surface area (Å²) in [5.74, 6) is 1.67. The Morgan fingerprint density at radius 3 is 2.81 bits per heavy atom. The van der Waals surface area contributed by atoms with Gasteiger partial charge in [-0.3, -0.25) is 0 Å². The van der Waals surface area contributed by atoms with Gasteiger partial charge in [0.15, 0.2) is 0 Å². The molecule has 1 aliphatic heterocycles. The van der Waals surface area contributed by atoms with Crippen LogP contribution in [0.5, 0.6) is 0 Å². The zero-order chi connectivity index (χ0) is 14.7. The Bertz CT molecular complexity index is 609. The molecule has 2 nitrogen and oxygen atoms in total. The molecular weight excluding hydrogens is 280 g/mol. The highest BCUT2D eigenvalue weighted by Crippen LogP contribution is 2.33. The van der Waals surface area contributed by atoms with Crippen LogP contribution >= 0.6 is 11.6 Å². The molecule has 1 fully saturated rings. The molecule has 1 aromatic carbocycles. The van der Waals surface area contributed by atoms with Crippen molar-refractivity contribution in [2.75, 3.05) is 11.4 Å². The maximum atomic E-state index is 6.07. The minimum absolute atomic E-state index is 0.520. The van der Waals surface area contributed by atoms with E-state index in [9.17, 15) is 0 Å². The Balaban J connectivity index is 2.06. The summed E-state index contributed by atoms with van der Waals surface area (Å²) in [4.78, 5) is 7.31. The number of pyridine rings is 1. The molecule has 1 aromatic heterocycles. The van der Waals surface area contributed by atoms with E-state index < -0.39 is 0 Å².